The van der Waals surface area contributed by atoms with Crippen LogP contribution in [0.3, 0.4) is 0 Å². The molecule has 1 saturated carbocycles. The molecule has 0 N–H and O–H groups in total. The molecule has 1 heterocycles. The molecular formula is C10H17O2. The van der Waals surface area contributed by atoms with Crippen LogP contribution >= 0.6 is 0 Å². The first-order valence-corrected chi connectivity index (χ1v) is 4.96. The van der Waals surface area contributed by atoms with Gasteiger partial charge in [-0.1, -0.05) is 12.8 Å². The van der Waals surface area contributed by atoms with E-state index < -0.39 is 0 Å². The van der Waals surface area contributed by atoms with Gasteiger partial charge in [0.05, 0.1) is 12.7 Å². The Balaban J connectivity index is 1.98. The van der Waals surface area contributed by atoms with Crippen molar-refractivity contribution in [2.24, 2.45) is 0 Å². The molecule has 0 aromatic rings. The van der Waals surface area contributed by atoms with E-state index in [1.165, 1.54) is 25.7 Å². The van der Waals surface area contributed by atoms with Gasteiger partial charge in [0.2, 0.25) is 0 Å². The fourth-order valence-electron chi connectivity index (χ4n) is 2.15. The monoisotopic (exact) mass is 169 g/mol. The van der Waals surface area contributed by atoms with Crippen LogP contribution in [0.4, 0.5) is 0 Å². The van der Waals surface area contributed by atoms with Crippen molar-refractivity contribution in [3.63, 3.8) is 0 Å². The normalized spacial score (nSPS) is 35.2. The van der Waals surface area contributed by atoms with Crippen LogP contribution in [0.15, 0.2) is 0 Å². The lowest BCUT2D eigenvalue weighted by Gasteiger charge is -2.25. The largest absolute Gasteiger partial charge is 0.347 e. The number of rotatable bonds is 0. The molecule has 0 amide bonds. The first-order valence-electron chi connectivity index (χ1n) is 4.96. The average molecular weight is 169 g/mol. The van der Waals surface area contributed by atoms with E-state index in [-0.39, 0.29) is 11.9 Å². The van der Waals surface area contributed by atoms with Gasteiger partial charge in [0.1, 0.15) is 0 Å². The maximum atomic E-state index is 5.74. The Morgan fingerprint density at radius 1 is 1.08 bits per heavy atom. The average Bonchev–Trinajstić information content (AvgIpc) is 2.30. The lowest BCUT2D eigenvalue weighted by Crippen LogP contribution is -2.29. The van der Waals surface area contributed by atoms with Gasteiger partial charge in [0.25, 0.3) is 0 Å². The first kappa shape index (κ1) is 8.52. The van der Waals surface area contributed by atoms with Crippen LogP contribution in [0.25, 0.3) is 0 Å². The van der Waals surface area contributed by atoms with Crippen molar-refractivity contribution in [3.8, 4) is 0 Å². The van der Waals surface area contributed by atoms with E-state index in [1.54, 1.807) is 0 Å². The molecule has 2 rings (SSSR count). The fourth-order valence-corrected chi connectivity index (χ4v) is 2.15. The van der Waals surface area contributed by atoms with Crippen molar-refractivity contribution in [3.05, 3.63) is 6.92 Å². The quantitative estimate of drug-likeness (QED) is 0.554. The van der Waals surface area contributed by atoms with Crippen LogP contribution in [0, 0.1) is 6.92 Å². The summed E-state index contributed by atoms with van der Waals surface area (Å²) >= 11 is 0. The predicted molar refractivity (Wildman–Crippen MR) is 46.6 cm³/mol. The Kier molecular flexibility index (Phi) is 2.37. The molecular weight excluding hydrogens is 152 g/mol. The topological polar surface area (TPSA) is 18.5 Å². The summed E-state index contributed by atoms with van der Waals surface area (Å²) in [6.45, 7) is 4.55. The molecule has 1 saturated heterocycles. The fraction of sp³-hybridized carbons (Fsp3) is 0.900. The number of hydrogen-bond acceptors (Lipinski definition) is 2. The summed E-state index contributed by atoms with van der Waals surface area (Å²) in [5, 5.41) is 0. The number of ether oxygens (including phenoxy) is 2. The van der Waals surface area contributed by atoms with E-state index in [0.29, 0.717) is 6.61 Å². The van der Waals surface area contributed by atoms with Gasteiger partial charge in [-0.2, -0.15) is 0 Å². The van der Waals surface area contributed by atoms with Gasteiger partial charge >= 0.3 is 0 Å². The van der Waals surface area contributed by atoms with E-state index in [2.05, 4.69) is 6.92 Å². The van der Waals surface area contributed by atoms with Gasteiger partial charge in [-0.3, -0.25) is 0 Å². The van der Waals surface area contributed by atoms with Gasteiger partial charge in [0.15, 0.2) is 5.79 Å². The molecule has 2 nitrogen and oxygen atoms in total. The summed E-state index contributed by atoms with van der Waals surface area (Å²) in [4.78, 5) is 0. The van der Waals surface area contributed by atoms with Crippen molar-refractivity contribution in [2.75, 3.05) is 6.61 Å². The van der Waals surface area contributed by atoms with Crippen LogP contribution in [-0.4, -0.2) is 18.5 Å². The first-order chi connectivity index (χ1) is 5.81. The van der Waals surface area contributed by atoms with Crippen molar-refractivity contribution in [1.82, 2.24) is 0 Å². The highest BCUT2D eigenvalue weighted by molar-refractivity contribution is 4.81. The Hall–Kier alpha value is -0.0800. The SMILES string of the molecule is [CH2]C1COC2(CCCCCC2)O1. The zero-order valence-electron chi connectivity index (χ0n) is 7.55. The lowest BCUT2D eigenvalue weighted by molar-refractivity contribution is -0.171. The molecule has 0 aromatic heterocycles. The minimum absolute atomic E-state index is 0.0584. The molecule has 1 atom stereocenters. The van der Waals surface area contributed by atoms with Crippen molar-refractivity contribution in [1.29, 1.82) is 0 Å². The summed E-state index contributed by atoms with van der Waals surface area (Å²) in [7, 11) is 0. The minimum Gasteiger partial charge on any atom is -0.347 e. The van der Waals surface area contributed by atoms with Gasteiger partial charge in [-0.05, 0) is 19.8 Å². The summed E-state index contributed by atoms with van der Waals surface area (Å²) in [6, 6.07) is 0. The summed E-state index contributed by atoms with van der Waals surface area (Å²) in [5.41, 5.74) is 0. The van der Waals surface area contributed by atoms with E-state index >= 15 is 0 Å². The Labute approximate surface area is 74.2 Å². The molecule has 69 valence electrons. The highest BCUT2D eigenvalue weighted by Gasteiger charge is 2.39. The smallest absolute Gasteiger partial charge is 0.168 e. The molecule has 2 heteroatoms. The van der Waals surface area contributed by atoms with Gasteiger partial charge in [-0.15, -0.1) is 0 Å². The maximum absolute atomic E-state index is 5.74. The van der Waals surface area contributed by atoms with Crippen LogP contribution in [0.5, 0.6) is 0 Å². The Bertz CT molecular complexity index is 148. The third-order valence-corrected chi connectivity index (χ3v) is 2.78. The molecule has 1 aliphatic carbocycles. The van der Waals surface area contributed by atoms with E-state index in [9.17, 15) is 0 Å². The summed E-state index contributed by atoms with van der Waals surface area (Å²) < 4.78 is 11.4. The zero-order valence-corrected chi connectivity index (χ0v) is 7.55. The molecule has 1 aliphatic heterocycles. The van der Waals surface area contributed by atoms with Crippen LogP contribution in [0.1, 0.15) is 38.5 Å². The molecule has 1 spiro atoms. The van der Waals surface area contributed by atoms with Gasteiger partial charge in [-0.25, -0.2) is 0 Å². The summed E-state index contributed by atoms with van der Waals surface area (Å²) in [6.07, 6.45) is 7.34. The molecule has 0 aromatic carbocycles. The Morgan fingerprint density at radius 3 is 2.25 bits per heavy atom. The van der Waals surface area contributed by atoms with Crippen LogP contribution in [0.2, 0.25) is 0 Å². The van der Waals surface area contributed by atoms with Crippen LogP contribution in [-0.2, 0) is 9.47 Å². The molecule has 1 unspecified atom stereocenters. The third-order valence-electron chi connectivity index (χ3n) is 2.78. The highest BCUT2D eigenvalue weighted by atomic mass is 16.7. The minimum atomic E-state index is -0.233. The maximum Gasteiger partial charge on any atom is 0.168 e. The number of hydrogen-bond donors (Lipinski definition) is 0. The molecule has 1 radical (unpaired) electrons. The van der Waals surface area contributed by atoms with Gasteiger partial charge < -0.3 is 9.47 Å². The summed E-state index contributed by atoms with van der Waals surface area (Å²) in [5.74, 6) is -0.233. The highest BCUT2D eigenvalue weighted by Crippen LogP contribution is 2.36. The Morgan fingerprint density at radius 2 is 1.75 bits per heavy atom. The second kappa shape index (κ2) is 3.35. The molecule has 2 aliphatic rings. The van der Waals surface area contributed by atoms with E-state index in [0.717, 1.165) is 12.8 Å². The second-order valence-corrected chi connectivity index (χ2v) is 3.88. The molecule has 2 fully saturated rings. The van der Waals surface area contributed by atoms with Crippen molar-refractivity contribution in [2.45, 2.75) is 50.4 Å². The second-order valence-electron chi connectivity index (χ2n) is 3.88. The molecule has 12 heavy (non-hydrogen) atoms. The van der Waals surface area contributed by atoms with E-state index in [1.807, 2.05) is 0 Å². The van der Waals surface area contributed by atoms with E-state index in [4.69, 9.17) is 9.47 Å². The van der Waals surface area contributed by atoms with Gasteiger partial charge in [0, 0.05) is 12.8 Å². The van der Waals surface area contributed by atoms with Crippen molar-refractivity contribution < 1.29 is 9.47 Å². The zero-order chi connectivity index (χ0) is 8.44. The predicted octanol–water partition coefficient (Wildman–Crippen LogP) is 2.29. The molecule has 0 bridgehead atoms. The van der Waals surface area contributed by atoms with Crippen molar-refractivity contribution >= 4 is 0 Å². The standard InChI is InChI=1S/C10H17O2/c1-9-8-11-10(12-9)6-4-2-3-5-7-10/h9H,1-8H2. The lowest BCUT2D eigenvalue weighted by atomic mass is 10.1. The van der Waals surface area contributed by atoms with Crippen LogP contribution < -0.4 is 0 Å². The third kappa shape index (κ3) is 1.64.